The number of carbonyl (C=O) groups is 1. The smallest absolute Gasteiger partial charge is 0.220 e. The van der Waals surface area contributed by atoms with Gasteiger partial charge in [-0.15, -0.1) is 0 Å². The van der Waals surface area contributed by atoms with Gasteiger partial charge >= 0.3 is 0 Å². The summed E-state index contributed by atoms with van der Waals surface area (Å²) in [6.07, 6.45) is 1.08. The Morgan fingerprint density at radius 3 is 2.34 bits per heavy atom. The number of aromatic nitrogens is 3. The van der Waals surface area contributed by atoms with E-state index in [1.54, 1.807) is 0 Å². The average Bonchev–Trinajstić information content (AvgIpc) is 3.10. The monoisotopic (exact) mass is 426 g/mol. The summed E-state index contributed by atoms with van der Waals surface area (Å²) in [5, 5.41) is 8.96. The van der Waals surface area contributed by atoms with Crippen molar-refractivity contribution in [3.63, 3.8) is 0 Å². The molecule has 1 amide bonds. The fraction of sp³-hybridized carbons (Fsp3) is 0.296. The molecule has 2 aromatic heterocycles. The van der Waals surface area contributed by atoms with Gasteiger partial charge in [-0.1, -0.05) is 48.0 Å². The molecule has 5 nitrogen and oxygen atoms in total. The van der Waals surface area contributed by atoms with Crippen LogP contribution in [-0.4, -0.2) is 20.7 Å². The fourth-order valence-corrected chi connectivity index (χ4v) is 4.32. The molecule has 0 aliphatic rings. The normalized spacial score (nSPS) is 12.2. The zero-order valence-corrected chi connectivity index (χ0v) is 19.4. The second-order valence-corrected chi connectivity index (χ2v) is 8.53. The molecule has 0 fully saturated rings. The van der Waals surface area contributed by atoms with Gasteiger partial charge in [-0.05, 0) is 69.9 Å². The summed E-state index contributed by atoms with van der Waals surface area (Å²) in [6.45, 7) is 10.3. The maximum Gasteiger partial charge on any atom is 0.220 e. The van der Waals surface area contributed by atoms with E-state index >= 15 is 0 Å². The van der Waals surface area contributed by atoms with Gasteiger partial charge < -0.3 is 5.32 Å². The molecule has 0 aliphatic carbocycles. The van der Waals surface area contributed by atoms with E-state index in [4.69, 9.17) is 10.1 Å². The number of fused-ring (bicyclic) bond motifs is 1. The quantitative estimate of drug-likeness (QED) is 0.445. The highest BCUT2D eigenvalue weighted by atomic mass is 16.1. The van der Waals surface area contributed by atoms with Crippen LogP contribution in [0.4, 0.5) is 0 Å². The summed E-state index contributed by atoms with van der Waals surface area (Å²) in [7, 11) is 0. The van der Waals surface area contributed by atoms with Gasteiger partial charge in [-0.25, -0.2) is 9.67 Å². The standard InChI is InChI=1S/C27H30N4O/c1-17-11-13-23(14-12-17)31-27-26(21(5)30-31)18(2)24(20(4)29-27)15-16-25(32)28-19(3)22-9-7-6-8-10-22/h6-14,19H,15-16H2,1-5H3,(H,28,32)/t19-/m0/s1. The molecule has 0 saturated carbocycles. The zero-order chi connectivity index (χ0) is 22.8. The highest BCUT2D eigenvalue weighted by molar-refractivity contribution is 5.85. The number of amides is 1. The minimum atomic E-state index is -0.0125. The fourth-order valence-electron chi connectivity index (χ4n) is 4.32. The number of hydrogen-bond donors (Lipinski definition) is 1. The van der Waals surface area contributed by atoms with Crippen LogP contribution in [0, 0.1) is 27.7 Å². The molecule has 5 heteroatoms. The van der Waals surface area contributed by atoms with Gasteiger partial charge in [0.1, 0.15) is 0 Å². The molecule has 2 heterocycles. The van der Waals surface area contributed by atoms with Crippen molar-refractivity contribution in [1.82, 2.24) is 20.1 Å². The van der Waals surface area contributed by atoms with Crippen LogP contribution in [0.1, 0.15) is 53.0 Å². The Kier molecular flexibility index (Phi) is 6.08. The predicted molar refractivity (Wildman–Crippen MR) is 129 cm³/mol. The average molecular weight is 427 g/mol. The van der Waals surface area contributed by atoms with Gasteiger partial charge in [0, 0.05) is 17.5 Å². The van der Waals surface area contributed by atoms with Crippen molar-refractivity contribution in [2.45, 2.75) is 53.5 Å². The Hall–Kier alpha value is -3.47. The van der Waals surface area contributed by atoms with E-state index in [2.05, 4.69) is 43.4 Å². The third kappa shape index (κ3) is 4.28. The summed E-state index contributed by atoms with van der Waals surface area (Å²) in [4.78, 5) is 17.5. The number of carbonyl (C=O) groups excluding carboxylic acids is 1. The first-order valence-corrected chi connectivity index (χ1v) is 11.1. The summed E-state index contributed by atoms with van der Waals surface area (Å²) < 4.78 is 1.92. The third-order valence-electron chi connectivity index (χ3n) is 6.13. The number of rotatable bonds is 6. The summed E-state index contributed by atoms with van der Waals surface area (Å²) in [6, 6.07) is 18.3. The Bertz CT molecular complexity index is 1260. The molecular weight excluding hydrogens is 396 g/mol. The molecule has 0 aliphatic heterocycles. The first-order chi connectivity index (χ1) is 15.3. The van der Waals surface area contributed by atoms with E-state index in [1.807, 2.05) is 55.8 Å². The molecule has 0 saturated heterocycles. The lowest BCUT2D eigenvalue weighted by Crippen LogP contribution is -2.27. The van der Waals surface area contributed by atoms with Crippen LogP contribution in [0.25, 0.3) is 16.7 Å². The zero-order valence-electron chi connectivity index (χ0n) is 19.4. The molecule has 32 heavy (non-hydrogen) atoms. The van der Waals surface area contributed by atoms with Gasteiger partial charge in [0.2, 0.25) is 5.91 Å². The van der Waals surface area contributed by atoms with Crippen molar-refractivity contribution in [3.05, 3.63) is 88.2 Å². The highest BCUT2D eigenvalue weighted by Gasteiger charge is 2.18. The number of pyridine rings is 1. The van der Waals surface area contributed by atoms with Crippen molar-refractivity contribution in [2.24, 2.45) is 0 Å². The molecular formula is C27H30N4O. The number of aryl methyl sites for hydroxylation is 4. The van der Waals surface area contributed by atoms with Crippen molar-refractivity contribution in [3.8, 4) is 5.69 Å². The first kappa shape index (κ1) is 21.8. The van der Waals surface area contributed by atoms with Gasteiger partial charge in [0.05, 0.1) is 17.4 Å². The van der Waals surface area contributed by atoms with E-state index < -0.39 is 0 Å². The molecule has 0 bridgehead atoms. The van der Waals surface area contributed by atoms with Crippen LogP contribution >= 0.6 is 0 Å². The Morgan fingerprint density at radius 1 is 0.969 bits per heavy atom. The van der Waals surface area contributed by atoms with Crippen LogP contribution in [0.15, 0.2) is 54.6 Å². The van der Waals surface area contributed by atoms with Gasteiger partial charge in [0.25, 0.3) is 0 Å². The summed E-state index contributed by atoms with van der Waals surface area (Å²) in [5.74, 6) is 0.0484. The maximum atomic E-state index is 12.6. The molecule has 4 aromatic rings. The molecule has 2 aromatic carbocycles. The predicted octanol–water partition coefficient (Wildman–Crippen LogP) is 5.46. The largest absolute Gasteiger partial charge is 0.350 e. The lowest BCUT2D eigenvalue weighted by molar-refractivity contribution is -0.121. The number of nitrogens with zero attached hydrogens (tertiary/aromatic N) is 3. The molecule has 164 valence electrons. The van der Waals surface area contributed by atoms with Crippen molar-refractivity contribution >= 4 is 16.9 Å². The topological polar surface area (TPSA) is 59.8 Å². The van der Waals surface area contributed by atoms with Crippen LogP contribution in [0.5, 0.6) is 0 Å². The molecule has 1 N–H and O–H groups in total. The second-order valence-electron chi connectivity index (χ2n) is 8.53. The molecule has 0 spiro atoms. The lowest BCUT2D eigenvalue weighted by atomic mass is 9.99. The Morgan fingerprint density at radius 2 is 1.66 bits per heavy atom. The maximum absolute atomic E-state index is 12.6. The molecule has 4 rings (SSSR count). The number of hydrogen-bond acceptors (Lipinski definition) is 3. The van der Waals surface area contributed by atoms with Crippen LogP contribution in [0.3, 0.4) is 0 Å². The molecule has 0 radical (unpaired) electrons. The molecule has 0 unspecified atom stereocenters. The minimum absolute atomic E-state index is 0.0125. The van der Waals surface area contributed by atoms with Crippen molar-refractivity contribution < 1.29 is 4.79 Å². The van der Waals surface area contributed by atoms with E-state index in [0.717, 1.165) is 44.8 Å². The third-order valence-corrected chi connectivity index (χ3v) is 6.13. The Balaban J connectivity index is 1.57. The SMILES string of the molecule is Cc1ccc(-n2nc(C)c3c(C)c(CCC(=O)N[C@@H](C)c4ccccc4)c(C)nc32)cc1. The van der Waals surface area contributed by atoms with E-state index in [0.29, 0.717) is 12.8 Å². The Labute approximate surface area is 189 Å². The number of benzene rings is 2. The summed E-state index contributed by atoms with van der Waals surface area (Å²) >= 11 is 0. The first-order valence-electron chi connectivity index (χ1n) is 11.1. The van der Waals surface area contributed by atoms with E-state index in [9.17, 15) is 4.79 Å². The highest BCUT2D eigenvalue weighted by Crippen LogP contribution is 2.28. The van der Waals surface area contributed by atoms with Gasteiger partial charge in [0.15, 0.2) is 5.65 Å². The van der Waals surface area contributed by atoms with E-state index in [1.165, 1.54) is 5.56 Å². The minimum Gasteiger partial charge on any atom is -0.350 e. The van der Waals surface area contributed by atoms with E-state index in [-0.39, 0.29) is 11.9 Å². The summed E-state index contributed by atoms with van der Waals surface area (Å²) in [5.41, 5.74) is 8.38. The van der Waals surface area contributed by atoms with Crippen molar-refractivity contribution in [1.29, 1.82) is 0 Å². The lowest BCUT2D eigenvalue weighted by Gasteiger charge is -2.15. The van der Waals surface area contributed by atoms with Gasteiger partial charge in [-0.3, -0.25) is 4.79 Å². The number of nitrogens with one attached hydrogen (secondary N) is 1. The van der Waals surface area contributed by atoms with Crippen molar-refractivity contribution in [2.75, 3.05) is 0 Å². The second kappa shape index (κ2) is 8.95. The van der Waals surface area contributed by atoms with Crippen LogP contribution in [-0.2, 0) is 11.2 Å². The van der Waals surface area contributed by atoms with Gasteiger partial charge in [-0.2, -0.15) is 5.10 Å². The van der Waals surface area contributed by atoms with Crippen LogP contribution < -0.4 is 5.32 Å². The molecule has 1 atom stereocenters. The van der Waals surface area contributed by atoms with Crippen LogP contribution in [0.2, 0.25) is 0 Å².